The third kappa shape index (κ3) is 3.22. The zero-order valence-corrected chi connectivity index (χ0v) is 14.2. The number of nitrogens with zero attached hydrogens (tertiary/aromatic N) is 2. The molecule has 0 fully saturated rings. The van der Waals surface area contributed by atoms with Crippen LogP contribution in [0.5, 0.6) is 0 Å². The highest BCUT2D eigenvalue weighted by Gasteiger charge is 2.13. The molecule has 0 aliphatic heterocycles. The minimum absolute atomic E-state index is 0.137. The summed E-state index contributed by atoms with van der Waals surface area (Å²) < 4.78 is 1.46. The summed E-state index contributed by atoms with van der Waals surface area (Å²) >= 11 is 1.44. The summed E-state index contributed by atoms with van der Waals surface area (Å²) in [5.41, 5.74) is 5.13. The Morgan fingerprint density at radius 2 is 2.08 bits per heavy atom. The summed E-state index contributed by atoms with van der Waals surface area (Å²) in [5, 5.41) is 2.55. The van der Waals surface area contributed by atoms with Gasteiger partial charge in [0.15, 0.2) is 0 Å². The van der Waals surface area contributed by atoms with E-state index >= 15 is 0 Å². The van der Waals surface area contributed by atoms with Gasteiger partial charge in [-0.15, -0.1) is 11.3 Å². The van der Waals surface area contributed by atoms with Crippen molar-refractivity contribution >= 4 is 27.5 Å². The molecule has 124 valence electrons. The molecular formula is C17H17N3O3S. The van der Waals surface area contributed by atoms with Crippen molar-refractivity contribution in [1.82, 2.24) is 15.0 Å². The van der Waals surface area contributed by atoms with Crippen molar-refractivity contribution in [3.05, 3.63) is 51.9 Å². The van der Waals surface area contributed by atoms with Gasteiger partial charge in [-0.05, 0) is 12.5 Å². The molecule has 0 radical (unpaired) electrons. The van der Waals surface area contributed by atoms with Crippen LogP contribution in [0.3, 0.4) is 0 Å². The molecule has 2 aromatic heterocycles. The summed E-state index contributed by atoms with van der Waals surface area (Å²) in [7, 11) is 1.37. The minimum atomic E-state index is -0.284. The first-order valence-electron chi connectivity index (χ1n) is 7.45. The van der Waals surface area contributed by atoms with Crippen molar-refractivity contribution in [3.8, 4) is 11.1 Å². The maximum absolute atomic E-state index is 12.8. The van der Waals surface area contributed by atoms with Crippen LogP contribution >= 0.6 is 11.3 Å². The van der Waals surface area contributed by atoms with Crippen molar-refractivity contribution in [1.29, 1.82) is 0 Å². The van der Waals surface area contributed by atoms with E-state index in [1.165, 1.54) is 29.3 Å². The highest BCUT2D eigenvalue weighted by molar-refractivity contribution is 7.17. The Kier molecular flexibility index (Phi) is 4.73. The van der Waals surface area contributed by atoms with Crippen LogP contribution in [0.4, 0.5) is 0 Å². The van der Waals surface area contributed by atoms with E-state index in [2.05, 4.69) is 15.3 Å². The standard InChI is InChI=1S/C17H17N3O3S/c1-11-3-5-12(6-4-11)13-9-24-16-15(13)17(22)20(10-18-16)8-7-14(21)19-23-2/h3-6,9-10H,7-8H2,1-2H3,(H,19,21). The number of rotatable bonds is 5. The second-order valence-corrected chi connectivity index (χ2v) is 6.28. The first-order chi connectivity index (χ1) is 11.6. The molecular weight excluding hydrogens is 326 g/mol. The van der Waals surface area contributed by atoms with Gasteiger partial charge in [0.1, 0.15) is 4.83 Å². The number of amides is 1. The Bertz CT molecular complexity index is 928. The number of fused-ring (bicyclic) bond motifs is 1. The van der Waals surface area contributed by atoms with Gasteiger partial charge >= 0.3 is 0 Å². The molecule has 7 heteroatoms. The van der Waals surface area contributed by atoms with Crippen molar-refractivity contribution in [3.63, 3.8) is 0 Å². The van der Waals surface area contributed by atoms with E-state index in [0.717, 1.165) is 16.7 Å². The molecule has 0 aliphatic carbocycles. The molecule has 0 saturated carbocycles. The average Bonchev–Trinajstić information content (AvgIpc) is 3.00. The Morgan fingerprint density at radius 3 is 2.79 bits per heavy atom. The molecule has 3 rings (SSSR count). The predicted octanol–water partition coefficient (Wildman–Crippen LogP) is 2.50. The Hall–Kier alpha value is -2.51. The molecule has 0 unspecified atom stereocenters. The zero-order valence-electron chi connectivity index (χ0n) is 13.4. The van der Waals surface area contributed by atoms with Crippen molar-refractivity contribution in [2.24, 2.45) is 0 Å². The van der Waals surface area contributed by atoms with Gasteiger partial charge in [0.2, 0.25) is 5.91 Å². The first-order valence-corrected chi connectivity index (χ1v) is 8.33. The third-order valence-electron chi connectivity index (χ3n) is 3.72. The number of hydroxylamine groups is 1. The Labute approximate surface area is 142 Å². The van der Waals surface area contributed by atoms with Crippen LogP contribution in [0.15, 0.2) is 40.8 Å². The number of benzene rings is 1. The molecule has 1 N–H and O–H groups in total. The van der Waals surface area contributed by atoms with E-state index in [1.807, 2.05) is 36.6 Å². The number of carbonyl (C=O) groups is 1. The van der Waals surface area contributed by atoms with Gasteiger partial charge in [0.25, 0.3) is 5.56 Å². The number of nitrogens with one attached hydrogen (secondary N) is 1. The van der Waals surface area contributed by atoms with Crippen LogP contribution in [-0.2, 0) is 16.2 Å². The van der Waals surface area contributed by atoms with Crippen LogP contribution in [-0.4, -0.2) is 22.6 Å². The molecule has 2 heterocycles. The summed E-state index contributed by atoms with van der Waals surface area (Å²) in [6.07, 6.45) is 1.63. The van der Waals surface area contributed by atoms with Crippen LogP contribution in [0, 0.1) is 6.92 Å². The molecule has 1 amide bonds. The van der Waals surface area contributed by atoms with E-state index in [1.54, 1.807) is 0 Å². The summed E-state index contributed by atoms with van der Waals surface area (Å²) in [5.74, 6) is -0.284. The largest absolute Gasteiger partial charge is 0.298 e. The fourth-order valence-electron chi connectivity index (χ4n) is 2.46. The maximum atomic E-state index is 12.8. The lowest BCUT2D eigenvalue weighted by Crippen LogP contribution is -2.26. The summed E-state index contributed by atoms with van der Waals surface area (Å²) in [6, 6.07) is 8.03. The molecule has 0 saturated heterocycles. The first kappa shape index (κ1) is 16.4. The number of hydrogen-bond acceptors (Lipinski definition) is 5. The van der Waals surface area contributed by atoms with Gasteiger partial charge in [-0.3, -0.25) is 19.0 Å². The monoisotopic (exact) mass is 343 g/mol. The van der Waals surface area contributed by atoms with E-state index < -0.39 is 0 Å². The second-order valence-electron chi connectivity index (χ2n) is 5.42. The van der Waals surface area contributed by atoms with Gasteiger partial charge in [-0.2, -0.15) is 0 Å². The maximum Gasteiger partial charge on any atom is 0.262 e. The van der Waals surface area contributed by atoms with Crippen molar-refractivity contribution in [2.75, 3.05) is 7.11 Å². The predicted molar refractivity (Wildman–Crippen MR) is 93.8 cm³/mol. The van der Waals surface area contributed by atoms with Crippen molar-refractivity contribution < 1.29 is 9.63 Å². The average molecular weight is 343 g/mol. The third-order valence-corrected chi connectivity index (χ3v) is 4.61. The Morgan fingerprint density at radius 1 is 1.33 bits per heavy atom. The lowest BCUT2D eigenvalue weighted by atomic mass is 10.1. The van der Waals surface area contributed by atoms with Gasteiger partial charge < -0.3 is 0 Å². The molecule has 1 aromatic carbocycles. The molecule has 0 atom stereocenters. The number of thiophene rings is 1. The van der Waals surface area contributed by atoms with E-state index in [-0.39, 0.29) is 24.4 Å². The van der Waals surface area contributed by atoms with E-state index in [9.17, 15) is 9.59 Å². The highest BCUT2D eigenvalue weighted by atomic mass is 32.1. The van der Waals surface area contributed by atoms with Gasteiger partial charge in [0, 0.05) is 23.9 Å². The van der Waals surface area contributed by atoms with E-state index in [0.29, 0.717) is 10.2 Å². The summed E-state index contributed by atoms with van der Waals surface area (Å²) in [6.45, 7) is 2.27. The quantitative estimate of drug-likeness (QED) is 0.723. The smallest absolute Gasteiger partial charge is 0.262 e. The van der Waals surface area contributed by atoms with Crippen molar-refractivity contribution in [2.45, 2.75) is 19.9 Å². The fourth-order valence-corrected chi connectivity index (χ4v) is 3.37. The van der Waals surface area contributed by atoms with Crippen LogP contribution < -0.4 is 11.0 Å². The minimum Gasteiger partial charge on any atom is -0.298 e. The lowest BCUT2D eigenvalue weighted by Gasteiger charge is -2.06. The lowest BCUT2D eigenvalue weighted by molar-refractivity contribution is -0.131. The normalized spacial score (nSPS) is 10.9. The molecule has 24 heavy (non-hydrogen) atoms. The van der Waals surface area contributed by atoms with Gasteiger partial charge in [-0.1, -0.05) is 29.8 Å². The number of carbonyl (C=O) groups excluding carboxylic acids is 1. The summed E-state index contributed by atoms with van der Waals surface area (Å²) in [4.78, 5) is 33.9. The number of aromatic nitrogens is 2. The molecule has 3 aromatic rings. The topological polar surface area (TPSA) is 73.2 Å². The highest BCUT2D eigenvalue weighted by Crippen LogP contribution is 2.30. The molecule has 0 spiro atoms. The van der Waals surface area contributed by atoms with Crippen LogP contribution in [0.25, 0.3) is 21.3 Å². The SMILES string of the molecule is CONC(=O)CCn1cnc2scc(-c3ccc(C)cc3)c2c1=O. The number of aryl methyl sites for hydroxylation is 2. The van der Waals surface area contributed by atoms with Gasteiger partial charge in [-0.25, -0.2) is 10.5 Å². The molecule has 0 bridgehead atoms. The van der Waals surface area contributed by atoms with Crippen LogP contribution in [0.1, 0.15) is 12.0 Å². The molecule has 6 nitrogen and oxygen atoms in total. The molecule has 0 aliphatic rings. The Balaban J connectivity index is 1.98. The van der Waals surface area contributed by atoms with E-state index in [4.69, 9.17) is 0 Å². The van der Waals surface area contributed by atoms with Gasteiger partial charge in [0.05, 0.1) is 18.8 Å². The zero-order chi connectivity index (χ0) is 17.1. The second kappa shape index (κ2) is 6.94. The number of hydrogen-bond donors (Lipinski definition) is 1. The van der Waals surface area contributed by atoms with Crippen LogP contribution in [0.2, 0.25) is 0 Å². The fraction of sp³-hybridized carbons (Fsp3) is 0.235.